The van der Waals surface area contributed by atoms with Crippen LogP contribution in [0.3, 0.4) is 0 Å². The molecule has 0 aliphatic heterocycles. The van der Waals surface area contributed by atoms with Crippen molar-refractivity contribution in [2.24, 2.45) is 0 Å². The average Bonchev–Trinajstić information content (AvgIpc) is 2.96. The van der Waals surface area contributed by atoms with Gasteiger partial charge in [-0.1, -0.05) is 0 Å². The van der Waals surface area contributed by atoms with Crippen LogP contribution in [-0.4, -0.2) is 38.6 Å². The quantitative estimate of drug-likeness (QED) is 0.283. The van der Waals surface area contributed by atoms with E-state index in [0.29, 0.717) is 19.6 Å². The Morgan fingerprint density at radius 3 is 2.22 bits per heavy atom. The van der Waals surface area contributed by atoms with Crippen molar-refractivity contribution >= 4 is 14.3 Å². The number of aliphatic hydroxyl groups is 1. The maximum absolute atomic E-state index is 10.6. The van der Waals surface area contributed by atoms with Crippen molar-refractivity contribution in [2.75, 3.05) is 13.2 Å². The van der Waals surface area contributed by atoms with Gasteiger partial charge < -0.3 is 0 Å². The van der Waals surface area contributed by atoms with E-state index in [9.17, 15) is 5.11 Å². The summed E-state index contributed by atoms with van der Waals surface area (Å²) in [6.07, 6.45) is 12.3. The minimum absolute atomic E-state index is 0.558. The molecule has 0 radical (unpaired) electrons. The third-order valence-electron chi connectivity index (χ3n) is 4.31. The van der Waals surface area contributed by atoms with E-state index in [1.54, 1.807) is 9.98 Å². The Balaban J connectivity index is 2.47. The van der Waals surface area contributed by atoms with E-state index >= 15 is 0 Å². The third kappa shape index (κ3) is 8.01. The molecule has 1 aliphatic rings. The molecular weight excluding hydrogens is 349 g/mol. The van der Waals surface area contributed by atoms with Crippen molar-refractivity contribution in [3.8, 4) is 0 Å². The first-order valence-electron chi connectivity index (χ1n) is 9.41. The summed E-state index contributed by atoms with van der Waals surface area (Å²) in [6, 6.07) is 0. The van der Waals surface area contributed by atoms with E-state index in [4.69, 9.17) is 9.47 Å². The molecule has 0 amide bonds. The van der Waals surface area contributed by atoms with Crippen molar-refractivity contribution in [2.45, 2.75) is 82.7 Å². The Labute approximate surface area is 147 Å². The van der Waals surface area contributed by atoms with E-state index in [0.717, 1.165) is 44.9 Å². The van der Waals surface area contributed by atoms with Crippen LogP contribution in [0.5, 0.6) is 0 Å². The number of hydrogen-bond donors (Lipinski definition) is 1. The topological polar surface area (TPSA) is 38.7 Å². The monoisotopic (exact) mass is 386 g/mol. The molecule has 23 heavy (non-hydrogen) atoms. The molecule has 0 saturated carbocycles. The van der Waals surface area contributed by atoms with Crippen LogP contribution in [0.4, 0.5) is 0 Å². The zero-order chi connectivity index (χ0) is 17.1. The van der Waals surface area contributed by atoms with Crippen molar-refractivity contribution in [1.29, 1.82) is 0 Å². The fourth-order valence-electron chi connectivity index (χ4n) is 2.87. The van der Waals surface area contributed by atoms with Crippen LogP contribution in [0, 0.1) is 0 Å². The van der Waals surface area contributed by atoms with Crippen molar-refractivity contribution in [1.82, 2.24) is 0 Å². The molecule has 0 fully saturated rings. The summed E-state index contributed by atoms with van der Waals surface area (Å²) >= 11 is -1.20. The zero-order valence-electron chi connectivity index (χ0n) is 15.6. The van der Waals surface area contributed by atoms with Crippen LogP contribution in [0.15, 0.2) is 22.1 Å². The molecular formula is C19H36GeO3. The van der Waals surface area contributed by atoms with Crippen LogP contribution in [-0.2, 0) is 9.47 Å². The van der Waals surface area contributed by atoms with E-state index in [1.807, 2.05) is 0 Å². The Kier molecular flexibility index (Phi) is 10.4. The molecule has 134 valence electrons. The summed E-state index contributed by atoms with van der Waals surface area (Å²) in [7, 11) is 0. The molecule has 4 heteroatoms. The maximum atomic E-state index is 10.6. The summed E-state index contributed by atoms with van der Waals surface area (Å²) in [5.41, 5.74) is 1.59. The Bertz CT molecular complexity index is 378. The number of rotatable bonds is 13. The molecule has 0 heterocycles. The van der Waals surface area contributed by atoms with E-state index in [1.165, 1.54) is 0 Å². The fraction of sp³-hybridized carbons (Fsp3) is 0.789. The second-order valence-electron chi connectivity index (χ2n) is 6.79. The van der Waals surface area contributed by atoms with Crippen LogP contribution in [0.1, 0.15) is 65.2 Å². The Morgan fingerprint density at radius 2 is 1.70 bits per heavy atom. The van der Waals surface area contributed by atoms with Crippen molar-refractivity contribution in [3.63, 3.8) is 0 Å². The molecule has 0 saturated heterocycles. The standard InChI is InChI=1S/C19H36GeO3/c1-5-7-15-22-19(21,23-16-8-6-2)14-10-12-17-11-9-13-18(17)20(3)4/h9,13,20-21H,5-8,10-12,14-16H2,1-4H3. The zero-order valence-corrected chi connectivity index (χ0v) is 18.0. The van der Waals surface area contributed by atoms with Crippen LogP contribution in [0.2, 0.25) is 11.5 Å². The van der Waals surface area contributed by atoms with Crippen LogP contribution in [0.25, 0.3) is 0 Å². The van der Waals surface area contributed by atoms with Crippen molar-refractivity contribution < 1.29 is 14.6 Å². The molecule has 0 atom stereocenters. The first-order valence-corrected chi connectivity index (χ1v) is 15.5. The predicted octanol–water partition coefficient (Wildman–Crippen LogP) is 4.72. The summed E-state index contributed by atoms with van der Waals surface area (Å²) in [4.78, 5) is 0. The van der Waals surface area contributed by atoms with Gasteiger partial charge in [0.05, 0.1) is 0 Å². The SMILES string of the molecule is CCCCOC(O)(CCCC1=[C]([GeH]([CH3])[CH3])C=CC1)OCCCC. The minimum atomic E-state index is -1.39. The van der Waals surface area contributed by atoms with Gasteiger partial charge in [-0.15, -0.1) is 0 Å². The summed E-state index contributed by atoms with van der Waals surface area (Å²) < 4.78 is 13.0. The van der Waals surface area contributed by atoms with Gasteiger partial charge in [0.1, 0.15) is 0 Å². The first-order chi connectivity index (χ1) is 11.0. The molecule has 0 spiro atoms. The van der Waals surface area contributed by atoms with Crippen LogP contribution < -0.4 is 0 Å². The molecule has 0 unspecified atom stereocenters. The van der Waals surface area contributed by atoms with Gasteiger partial charge in [0.2, 0.25) is 0 Å². The van der Waals surface area contributed by atoms with E-state index in [-0.39, 0.29) is 0 Å². The molecule has 0 aromatic carbocycles. The van der Waals surface area contributed by atoms with Gasteiger partial charge in [-0.3, -0.25) is 0 Å². The predicted molar refractivity (Wildman–Crippen MR) is 100 cm³/mol. The molecule has 1 aliphatic carbocycles. The number of hydrogen-bond acceptors (Lipinski definition) is 3. The van der Waals surface area contributed by atoms with Gasteiger partial charge in [0.25, 0.3) is 0 Å². The molecule has 3 nitrogen and oxygen atoms in total. The third-order valence-corrected chi connectivity index (χ3v) is 8.18. The number of ether oxygens (including phenoxy) is 2. The normalized spacial score (nSPS) is 15.2. The van der Waals surface area contributed by atoms with Gasteiger partial charge in [-0.05, 0) is 0 Å². The average molecular weight is 385 g/mol. The van der Waals surface area contributed by atoms with Gasteiger partial charge in [-0.25, -0.2) is 0 Å². The van der Waals surface area contributed by atoms with Crippen molar-refractivity contribution in [3.05, 3.63) is 22.1 Å². The van der Waals surface area contributed by atoms with Gasteiger partial charge >= 0.3 is 147 Å². The van der Waals surface area contributed by atoms with E-state index < -0.39 is 20.3 Å². The number of unbranched alkanes of at least 4 members (excludes halogenated alkanes) is 2. The Hall–Kier alpha value is -0.0971. The second kappa shape index (κ2) is 11.5. The molecule has 0 aromatic rings. The van der Waals surface area contributed by atoms with E-state index in [2.05, 4.69) is 37.5 Å². The Morgan fingerprint density at radius 1 is 1.09 bits per heavy atom. The summed E-state index contributed by atoms with van der Waals surface area (Å²) in [5, 5.41) is 10.6. The molecule has 1 rings (SSSR count). The van der Waals surface area contributed by atoms with Gasteiger partial charge in [0.15, 0.2) is 0 Å². The van der Waals surface area contributed by atoms with Gasteiger partial charge in [0, 0.05) is 0 Å². The first kappa shape index (κ1) is 20.9. The second-order valence-corrected chi connectivity index (χ2v) is 12.9. The number of allylic oxidation sites excluding steroid dienone is 4. The van der Waals surface area contributed by atoms with Gasteiger partial charge in [-0.2, -0.15) is 0 Å². The molecule has 0 bridgehead atoms. The fourth-order valence-corrected chi connectivity index (χ4v) is 6.23. The molecule has 0 aromatic heterocycles. The summed E-state index contributed by atoms with van der Waals surface area (Å²) in [5.74, 6) is 3.46. The molecule has 1 N–H and O–H groups in total. The van der Waals surface area contributed by atoms with Crippen LogP contribution >= 0.6 is 0 Å². The summed E-state index contributed by atoms with van der Waals surface area (Å²) in [6.45, 7) is 5.38.